The molecule has 0 spiro atoms. The molecule has 1 atom stereocenters. The summed E-state index contributed by atoms with van der Waals surface area (Å²) in [6, 6.07) is 8.34. The van der Waals surface area contributed by atoms with Crippen LogP contribution in [0.15, 0.2) is 30.3 Å². The zero-order chi connectivity index (χ0) is 15.0. The van der Waals surface area contributed by atoms with Gasteiger partial charge in [-0.1, -0.05) is 25.1 Å². The molecule has 1 aromatic rings. The van der Waals surface area contributed by atoms with E-state index in [0.717, 1.165) is 6.42 Å². The lowest BCUT2D eigenvalue weighted by Gasteiger charge is -2.13. The van der Waals surface area contributed by atoms with E-state index in [1.54, 1.807) is 30.3 Å². The van der Waals surface area contributed by atoms with Crippen LogP contribution in [0.5, 0.6) is 0 Å². The number of sulfonamides is 1. The van der Waals surface area contributed by atoms with E-state index in [4.69, 9.17) is 0 Å². The van der Waals surface area contributed by atoms with Crippen molar-refractivity contribution in [2.45, 2.75) is 26.3 Å². The maximum absolute atomic E-state index is 11.8. The molecule has 0 saturated carbocycles. The first kappa shape index (κ1) is 16.3. The van der Waals surface area contributed by atoms with Crippen molar-refractivity contribution in [3.05, 3.63) is 30.3 Å². The molecule has 20 heavy (non-hydrogen) atoms. The van der Waals surface area contributed by atoms with Crippen molar-refractivity contribution in [1.29, 1.82) is 0 Å². The van der Waals surface area contributed by atoms with Crippen LogP contribution in [0.25, 0.3) is 0 Å². The van der Waals surface area contributed by atoms with Crippen molar-refractivity contribution in [1.82, 2.24) is 10.6 Å². The molecule has 0 radical (unpaired) electrons. The number of anilines is 1. The monoisotopic (exact) mass is 299 g/mol. The number of urea groups is 1. The molecule has 0 aliphatic carbocycles. The first-order valence-electron chi connectivity index (χ1n) is 6.53. The first-order valence-corrected chi connectivity index (χ1v) is 8.18. The fourth-order valence-corrected chi connectivity index (χ4v) is 2.38. The Labute approximate surface area is 120 Å². The minimum atomic E-state index is -3.46. The number of nitrogens with one attached hydrogen (secondary N) is 3. The van der Waals surface area contributed by atoms with Gasteiger partial charge in [-0.2, -0.15) is 0 Å². The van der Waals surface area contributed by atoms with Gasteiger partial charge in [0.1, 0.15) is 0 Å². The van der Waals surface area contributed by atoms with E-state index < -0.39 is 10.0 Å². The lowest BCUT2D eigenvalue weighted by Crippen LogP contribution is -2.42. The second-order valence-electron chi connectivity index (χ2n) is 4.50. The predicted molar refractivity (Wildman–Crippen MR) is 80.1 cm³/mol. The molecule has 0 aromatic heterocycles. The predicted octanol–water partition coefficient (Wildman–Crippen LogP) is 1.53. The molecule has 0 saturated heterocycles. The summed E-state index contributed by atoms with van der Waals surface area (Å²) in [5, 5.41) is 5.22. The van der Waals surface area contributed by atoms with Gasteiger partial charge in [0.25, 0.3) is 0 Å². The number of hydrogen-bond donors (Lipinski definition) is 3. The van der Waals surface area contributed by atoms with E-state index in [9.17, 15) is 13.2 Å². The maximum atomic E-state index is 11.8. The van der Waals surface area contributed by atoms with Crippen LogP contribution in [0.1, 0.15) is 20.3 Å². The Hall–Kier alpha value is -1.76. The molecule has 0 aliphatic heterocycles. The van der Waals surface area contributed by atoms with Crippen LogP contribution >= 0.6 is 0 Å². The third kappa shape index (κ3) is 6.42. The lowest BCUT2D eigenvalue weighted by atomic mass is 10.3. The van der Waals surface area contributed by atoms with Crippen molar-refractivity contribution in [2.75, 3.05) is 17.0 Å². The minimum Gasteiger partial charge on any atom is -0.337 e. The van der Waals surface area contributed by atoms with Crippen LogP contribution in [-0.4, -0.2) is 32.8 Å². The van der Waals surface area contributed by atoms with Crippen LogP contribution in [0, 0.1) is 0 Å². The van der Waals surface area contributed by atoms with E-state index in [1.807, 2.05) is 13.8 Å². The highest BCUT2D eigenvalue weighted by atomic mass is 32.2. The van der Waals surface area contributed by atoms with E-state index in [1.165, 1.54) is 0 Å². The third-order valence-electron chi connectivity index (χ3n) is 2.69. The average molecular weight is 299 g/mol. The van der Waals surface area contributed by atoms with Crippen molar-refractivity contribution < 1.29 is 13.2 Å². The average Bonchev–Trinajstić information content (AvgIpc) is 2.38. The summed E-state index contributed by atoms with van der Waals surface area (Å²) < 4.78 is 26.0. The van der Waals surface area contributed by atoms with Gasteiger partial charge in [0.15, 0.2) is 0 Å². The summed E-state index contributed by atoms with van der Waals surface area (Å²) in [4.78, 5) is 11.4. The van der Waals surface area contributed by atoms with Gasteiger partial charge in [-0.3, -0.25) is 4.72 Å². The van der Waals surface area contributed by atoms with Crippen LogP contribution in [0.4, 0.5) is 10.5 Å². The minimum absolute atomic E-state index is 0.0600. The van der Waals surface area contributed by atoms with E-state index in [2.05, 4.69) is 15.4 Å². The van der Waals surface area contributed by atoms with Gasteiger partial charge >= 0.3 is 6.03 Å². The van der Waals surface area contributed by atoms with Gasteiger partial charge in [-0.05, 0) is 25.5 Å². The van der Waals surface area contributed by atoms with Crippen LogP contribution in [0.3, 0.4) is 0 Å². The molecule has 0 bridgehead atoms. The Morgan fingerprint density at radius 3 is 2.50 bits per heavy atom. The number of hydrogen-bond acceptors (Lipinski definition) is 3. The highest BCUT2D eigenvalue weighted by Crippen LogP contribution is 2.07. The van der Waals surface area contributed by atoms with Crippen molar-refractivity contribution in [3.63, 3.8) is 0 Å². The molecule has 3 N–H and O–H groups in total. The van der Waals surface area contributed by atoms with E-state index in [0.29, 0.717) is 5.69 Å². The van der Waals surface area contributed by atoms with Crippen LogP contribution in [0.2, 0.25) is 0 Å². The molecule has 1 rings (SSSR count). The number of amides is 2. The SMILES string of the molecule is CCC(C)NC(=O)NCCS(=O)(=O)Nc1ccccc1. The summed E-state index contributed by atoms with van der Waals surface area (Å²) in [5.41, 5.74) is 0.511. The Morgan fingerprint density at radius 1 is 1.25 bits per heavy atom. The fourth-order valence-electron chi connectivity index (χ4n) is 1.41. The van der Waals surface area contributed by atoms with Gasteiger partial charge in [0.2, 0.25) is 10.0 Å². The molecule has 2 amide bonds. The van der Waals surface area contributed by atoms with Crippen LogP contribution in [-0.2, 0) is 10.0 Å². The molecule has 7 heteroatoms. The molecular weight excluding hydrogens is 278 g/mol. The van der Waals surface area contributed by atoms with Crippen molar-refractivity contribution in [3.8, 4) is 0 Å². The largest absolute Gasteiger partial charge is 0.337 e. The standard InChI is InChI=1S/C13H21N3O3S/c1-3-11(2)15-13(17)14-9-10-20(18,19)16-12-7-5-4-6-8-12/h4-8,11,16H,3,9-10H2,1-2H3,(H2,14,15,17). The first-order chi connectivity index (χ1) is 9.43. The van der Waals surface area contributed by atoms with Gasteiger partial charge in [0.05, 0.1) is 5.75 Å². The normalized spacial score (nSPS) is 12.5. The van der Waals surface area contributed by atoms with Crippen LogP contribution < -0.4 is 15.4 Å². The Balaban J connectivity index is 2.35. The summed E-state index contributed by atoms with van der Waals surface area (Å²) in [6.07, 6.45) is 0.821. The summed E-state index contributed by atoms with van der Waals surface area (Å²) >= 11 is 0. The van der Waals surface area contributed by atoms with E-state index in [-0.39, 0.29) is 24.4 Å². The Kier molecular flexibility index (Phi) is 6.30. The second kappa shape index (κ2) is 7.74. The van der Waals surface area contributed by atoms with Gasteiger partial charge in [-0.25, -0.2) is 13.2 Å². The number of carbonyl (C=O) groups is 1. The molecule has 1 unspecified atom stereocenters. The molecule has 112 valence electrons. The highest BCUT2D eigenvalue weighted by molar-refractivity contribution is 7.92. The third-order valence-corrected chi connectivity index (χ3v) is 3.98. The molecule has 0 heterocycles. The number of rotatable bonds is 7. The second-order valence-corrected chi connectivity index (χ2v) is 6.34. The number of benzene rings is 1. The molecular formula is C13H21N3O3S. The number of para-hydroxylation sites is 1. The summed E-state index contributed by atoms with van der Waals surface area (Å²) in [6.45, 7) is 3.90. The zero-order valence-corrected chi connectivity index (χ0v) is 12.5. The fraction of sp³-hybridized carbons (Fsp3) is 0.462. The lowest BCUT2D eigenvalue weighted by molar-refractivity contribution is 0.238. The Bertz CT molecular complexity index is 517. The molecule has 1 aromatic carbocycles. The van der Waals surface area contributed by atoms with Crippen molar-refractivity contribution in [2.24, 2.45) is 0 Å². The summed E-state index contributed by atoms with van der Waals surface area (Å²) in [7, 11) is -3.46. The molecule has 6 nitrogen and oxygen atoms in total. The molecule has 0 fully saturated rings. The summed E-state index contributed by atoms with van der Waals surface area (Å²) in [5.74, 6) is -0.171. The van der Waals surface area contributed by atoms with Crippen molar-refractivity contribution >= 4 is 21.7 Å². The number of carbonyl (C=O) groups excluding carboxylic acids is 1. The zero-order valence-electron chi connectivity index (χ0n) is 11.7. The van der Waals surface area contributed by atoms with E-state index >= 15 is 0 Å². The van der Waals surface area contributed by atoms with Gasteiger partial charge in [-0.15, -0.1) is 0 Å². The Morgan fingerprint density at radius 2 is 1.90 bits per heavy atom. The van der Waals surface area contributed by atoms with Gasteiger partial charge in [0, 0.05) is 18.3 Å². The maximum Gasteiger partial charge on any atom is 0.315 e. The topological polar surface area (TPSA) is 87.3 Å². The van der Waals surface area contributed by atoms with Gasteiger partial charge < -0.3 is 10.6 Å². The smallest absolute Gasteiger partial charge is 0.315 e. The quantitative estimate of drug-likeness (QED) is 0.713. The highest BCUT2D eigenvalue weighted by Gasteiger charge is 2.11. The molecule has 0 aliphatic rings.